The van der Waals surface area contributed by atoms with Crippen molar-refractivity contribution in [3.63, 3.8) is 0 Å². The second-order valence-corrected chi connectivity index (χ2v) is 7.99. The minimum Gasteiger partial charge on any atom is -0.456 e. The van der Waals surface area contributed by atoms with Crippen molar-refractivity contribution >= 4 is 27.6 Å². The summed E-state index contributed by atoms with van der Waals surface area (Å²) < 4.78 is 31.5. The fourth-order valence-electron chi connectivity index (χ4n) is 2.74. The average molecular weight is 400 g/mol. The molecule has 1 N–H and O–H groups in total. The molecule has 0 saturated heterocycles. The molecule has 28 heavy (non-hydrogen) atoms. The van der Waals surface area contributed by atoms with E-state index in [-0.39, 0.29) is 16.5 Å². The fourth-order valence-corrected chi connectivity index (χ4v) is 3.98. The van der Waals surface area contributed by atoms with E-state index in [9.17, 15) is 18.0 Å². The Morgan fingerprint density at radius 2 is 1.79 bits per heavy atom. The van der Waals surface area contributed by atoms with Gasteiger partial charge in [0, 0.05) is 11.1 Å². The maximum absolute atomic E-state index is 12.2. The molecule has 0 amide bonds. The van der Waals surface area contributed by atoms with E-state index in [2.05, 4.69) is 9.71 Å². The molecular weight excluding hydrogens is 380 g/mol. The number of hydrogen-bond donors (Lipinski definition) is 1. The van der Waals surface area contributed by atoms with E-state index in [1.165, 1.54) is 13.0 Å². The van der Waals surface area contributed by atoms with Gasteiger partial charge in [0.2, 0.25) is 0 Å². The molecule has 0 bridgehead atoms. The number of ether oxygens (including phenoxy) is 1. The van der Waals surface area contributed by atoms with Gasteiger partial charge in [-0.1, -0.05) is 43.3 Å². The van der Waals surface area contributed by atoms with Crippen molar-refractivity contribution in [1.29, 1.82) is 0 Å². The lowest BCUT2D eigenvalue weighted by molar-refractivity contribution is -0.143. The molecule has 2 aromatic rings. The number of aliphatic imine (C=N–C) groups is 1. The number of Topliss-reactive ketones (excluding diaryl/α,β-unsaturated/α-hetero) is 1. The second kappa shape index (κ2) is 7.93. The number of nitrogens with one attached hydrogen (secondary N) is 1. The molecule has 0 spiro atoms. The van der Waals surface area contributed by atoms with Crippen molar-refractivity contribution in [2.24, 2.45) is 4.99 Å². The summed E-state index contributed by atoms with van der Waals surface area (Å²) in [5.41, 5.74) is 1.97. The lowest BCUT2D eigenvalue weighted by Crippen LogP contribution is -2.27. The van der Waals surface area contributed by atoms with Crippen molar-refractivity contribution in [1.82, 2.24) is 4.72 Å². The van der Waals surface area contributed by atoms with Crippen LogP contribution >= 0.6 is 0 Å². The Balaban J connectivity index is 1.65. The lowest BCUT2D eigenvalue weighted by Gasteiger charge is -2.09. The first-order chi connectivity index (χ1) is 13.3. The largest absolute Gasteiger partial charge is 0.456 e. The summed E-state index contributed by atoms with van der Waals surface area (Å²) in [6, 6.07) is 12.5. The first-order valence-electron chi connectivity index (χ1n) is 8.80. The summed E-state index contributed by atoms with van der Waals surface area (Å²) >= 11 is 0. The van der Waals surface area contributed by atoms with E-state index in [1.807, 2.05) is 19.1 Å². The summed E-state index contributed by atoms with van der Waals surface area (Å²) in [5.74, 6) is -0.945. The van der Waals surface area contributed by atoms with Gasteiger partial charge in [0.1, 0.15) is 11.9 Å². The van der Waals surface area contributed by atoms with Crippen LogP contribution in [0.5, 0.6) is 0 Å². The Bertz CT molecular complexity index is 1040. The Kier molecular flexibility index (Phi) is 5.60. The molecule has 7 nitrogen and oxygen atoms in total. The number of rotatable bonds is 6. The highest BCUT2D eigenvalue weighted by molar-refractivity contribution is 7.90. The lowest BCUT2D eigenvalue weighted by atomic mass is 10.1. The number of carbonyl (C=O) groups is 2. The quantitative estimate of drug-likeness (QED) is 0.591. The number of nitrogens with zero attached hydrogens (tertiary/aromatic N) is 1. The van der Waals surface area contributed by atoms with Crippen molar-refractivity contribution in [2.45, 2.75) is 31.2 Å². The number of ketones is 1. The first-order valence-corrected chi connectivity index (χ1v) is 10.3. The number of aryl methyl sites for hydroxylation is 1. The van der Waals surface area contributed by atoms with Crippen LogP contribution in [0, 0.1) is 0 Å². The summed E-state index contributed by atoms with van der Waals surface area (Å²) in [6.45, 7) is 3.09. The Labute approximate surface area is 163 Å². The van der Waals surface area contributed by atoms with Crippen LogP contribution in [0.1, 0.15) is 35.3 Å². The molecule has 0 aromatic heterocycles. The van der Waals surface area contributed by atoms with Crippen molar-refractivity contribution in [3.8, 4) is 0 Å². The monoisotopic (exact) mass is 400 g/mol. The Morgan fingerprint density at radius 3 is 2.46 bits per heavy atom. The van der Waals surface area contributed by atoms with Gasteiger partial charge >= 0.3 is 5.97 Å². The summed E-state index contributed by atoms with van der Waals surface area (Å²) in [4.78, 5) is 28.6. The molecule has 0 aliphatic carbocycles. The molecule has 2 aromatic carbocycles. The zero-order valence-electron chi connectivity index (χ0n) is 15.5. The maximum atomic E-state index is 12.2. The van der Waals surface area contributed by atoms with Crippen molar-refractivity contribution < 1.29 is 22.7 Å². The topological polar surface area (TPSA) is 102 Å². The Hall–Kier alpha value is -3.00. The molecule has 0 fully saturated rings. The summed E-state index contributed by atoms with van der Waals surface area (Å²) in [6.07, 6.45) is 0.869. The SMILES string of the molecule is CCc1ccc(C(=O)COC(=O)[C@@H](C)N=C2NS(=O)(=O)c3ccccc32)cc1. The van der Waals surface area contributed by atoms with Gasteiger partial charge in [0.25, 0.3) is 10.0 Å². The molecule has 0 unspecified atom stereocenters. The van der Waals surface area contributed by atoms with Crippen LogP contribution in [0.3, 0.4) is 0 Å². The van der Waals surface area contributed by atoms with E-state index in [4.69, 9.17) is 4.74 Å². The number of hydrogen-bond acceptors (Lipinski definition) is 6. The van der Waals surface area contributed by atoms with E-state index in [0.717, 1.165) is 12.0 Å². The predicted octanol–water partition coefficient (Wildman–Crippen LogP) is 2.10. The number of carbonyl (C=O) groups excluding carboxylic acids is 2. The van der Waals surface area contributed by atoms with Crippen LogP contribution in [0.4, 0.5) is 0 Å². The van der Waals surface area contributed by atoms with Crippen LogP contribution < -0.4 is 4.72 Å². The normalized spacial score (nSPS) is 16.9. The Morgan fingerprint density at radius 1 is 1.11 bits per heavy atom. The second-order valence-electron chi connectivity index (χ2n) is 6.34. The minimum atomic E-state index is -3.68. The standard InChI is InChI=1S/C20H20N2O5S/c1-3-14-8-10-15(11-9-14)17(23)12-27-20(24)13(2)21-19-16-6-4-5-7-18(16)28(25,26)22-19/h4-11,13H,3,12H2,1-2H3,(H,21,22)/t13-/m1/s1. The van der Waals surface area contributed by atoms with Gasteiger partial charge < -0.3 is 4.74 Å². The number of fused-ring (bicyclic) bond motifs is 1. The predicted molar refractivity (Wildman–Crippen MR) is 104 cm³/mol. The molecule has 3 rings (SSSR count). The van der Waals surface area contributed by atoms with Crippen LogP contribution in [0.2, 0.25) is 0 Å². The van der Waals surface area contributed by atoms with Gasteiger partial charge in [-0.2, -0.15) is 0 Å². The molecule has 0 saturated carbocycles. The van der Waals surface area contributed by atoms with Gasteiger partial charge in [-0.05, 0) is 31.0 Å². The van der Waals surface area contributed by atoms with Crippen LogP contribution in [-0.2, 0) is 26.0 Å². The van der Waals surface area contributed by atoms with Crippen LogP contribution in [-0.4, -0.2) is 38.7 Å². The molecule has 1 atom stereocenters. The van der Waals surface area contributed by atoms with Gasteiger partial charge in [-0.25, -0.2) is 13.2 Å². The molecular formula is C20H20N2O5S. The molecule has 1 heterocycles. The molecule has 8 heteroatoms. The highest BCUT2D eigenvalue weighted by Gasteiger charge is 2.31. The molecule has 1 aliphatic heterocycles. The third kappa shape index (κ3) is 4.12. The van der Waals surface area contributed by atoms with E-state index in [1.54, 1.807) is 30.3 Å². The van der Waals surface area contributed by atoms with Gasteiger partial charge in [-0.15, -0.1) is 0 Å². The first kappa shape index (κ1) is 19.8. The smallest absolute Gasteiger partial charge is 0.331 e. The van der Waals surface area contributed by atoms with E-state index in [0.29, 0.717) is 11.1 Å². The highest BCUT2D eigenvalue weighted by Crippen LogP contribution is 2.22. The molecule has 0 radical (unpaired) electrons. The zero-order valence-corrected chi connectivity index (χ0v) is 16.3. The number of sulfonamides is 1. The fraction of sp³-hybridized carbons (Fsp3) is 0.250. The number of esters is 1. The van der Waals surface area contributed by atoms with Crippen LogP contribution in [0.25, 0.3) is 0 Å². The number of amidine groups is 1. The maximum Gasteiger partial charge on any atom is 0.331 e. The number of benzene rings is 2. The van der Waals surface area contributed by atoms with E-state index < -0.39 is 28.6 Å². The third-order valence-corrected chi connectivity index (χ3v) is 5.75. The zero-order chi connectivity index (χ0) is 20.3. The summed E-state index contributed by atoms with van der Waals surface area (Å²) in [7, 11) is -3.68. The minimum absolute atomic E-state index is 0.0848. The molecule has 146 valence electrons. The summed E-state index contributed by atoms with van der Waals surface area (Å²) in [5, 5.41) is 0. The van der Waals surface area contributed by atoms with Crippen molar-refractivity contribution in [2.75, 3.05) is 6.61 Å². The van der Waals surface area contributed by atoms with Crippen molar-refractivity contribution in [3.05, 3.63) is 65.2 Å². The van der Waals surface area contributed by atoms with Gasteiger partial charge in [0.15, 0.2) is 12.4 Å². The highest BCUT2D eigenvalue weighted by atomic mass is 32.2. The van der Waals surface area contributed by atoms with Crippen LogP contribution in [0.15, 0.2) is 58.4 Å². The van der Waals surface area contributed by atoms with E-state index >= 15 is 0 Å². The van der Waals surface area contributed by atoms with Gasteiger partial charge in [-0.3, -0.25) is 14.5 Å². The average Bonchev–Trinajstić information content (AvgIpc) is 2.96. The molecule has 1 aliphatic rings. The van der Waals surface area contributed by atoms with Gasteiger partial charge in [0.05, 0.1) is 4.90 Å². The third-order valence-electron chi connectivity index (χ3n) is 4.36.